The van der Waals surface area contributed by atoms with Gasteiger partial charge >= 0.3 is 11.6 Å². The van der Waals surface area contributed by atoms with E-state index in [-0.39, 0.29) is 23.7 Å². The van der Waals surface area contributed by atoms with E-state index in [0.29, 0.717) is 16.7 Å². The number of hydrogen-bond donors (Lipinski definition) is 0. The Kier molecular flexibility index (Phi) is 8.08. The Bertz CT molecular complexity index is 1230. The van der Waals surface area contributed by atoms with Crippen molar-refractivity contribution in [2.24, 2.45) is 0 Å². The van der Waals surface area contributed by atoms with Gasteiger partial charge in [0, 0.05) is 0 Å². The van der Waals surface area contributed by atoms with Crippen molar-refractivity contribution in [3.8, 4) is 17.2 Å². The molecule has 3 rings (SSSR count). The summed E-state index contributed by atoms with van der Waals surface area (Å²) in [6.45, 7) is 6.35. The lowest BCUT2D eigenvalue weighted by atomic mass is 10.1. The van der Waals surface area contributed by atoms with E-state index in [4.69, 9.17) is 18.6 Å². The molecule has 172 valence electrons. The third-order valence-electron chi connectivity index (χ3n) is 4.98. The van der Waals surface area contributed by atoms with Gasteiger partial charge in [-0.2, -0.15) is 0 Å². The number of allylic oxidation sites excluding steroid dienone is 3. The first kappa shape index (κ1) is 23.9. The highest BCUT2D eigenvalue weighted by molar-refractivity contribution is 5.95. The third-order valence-corrected chi connectivity index (χ3v) is 4.98. The molecule has 0 spiro atoms. The predicted molar refractivity (Wildman–Crippen MR) is 128 cm³/mol. The summed E-state index contributed by atoms with van der Waals surface area (Å²) in [6.07, 6.45) is 5.96. The molecule has 0 saturated heterocycles. The lowest BCUT2D eigenvalue weighted by Gasteiger charge is -2.14. The number of carbonyl (C=O) groups excluding carboxylic acids is 1. The van der Waals surface area contributed by atoms with Crippen LogP contribution in [0.2, 0.25) is 0 Å². The van der Waals surface area contributed by atoms with E-state index in [1.54, 1.807) is 48.5 Å². The molecule has 0 unspecified atom stereocenters. The highest BCUT2D eigenvalue weighted by atomic mass is 16.6. The van der Waals surface area contributed by atoms with Gasteiger partial charge in [0.2, 0.25) is 0 Å². The lowest BCUT2D eigenvalue weighted by Crippen LogP contribution is -2.16. The monoisotopic (exact) mass is 448 g/mol. The molecule has 0 aliphatic carbocycles. The Morgan fingerprint density at radius 2 is 1.73 bits per heavy atom. The second-order valence-corrected chi connectivity index (χ2v) is 7.82. The minimum absolute atomic E-state index is 0.108. The van der Waals surface area contributed by atoms with Gasteiger partial charge in [0.05, 0.1) is 12.7 Å². The van der Waals surface area contributed by atoms with Gasteiger partial charge in [-0.05, 0) is 64.0 Å². The highest BCUT2D eigenvalue weighted by Gasteiger charge is 2.23. The smallest absolute Gasteiger partial charge is 0.383 e. The van der Waals surface area contributed by atoms with Crippen molar-refractivity contribution in [3.63, 3.8) is 0 Å². The summed E-state index contributed by atoms with van der Waals surface area (Å²) < 4.78 is 22.3. The Hall–Kier alpha value is -3.80. The zero-order valence-electron chi connectivity index (χ0n) is 19.3. The van der Waals surface area contributed by atoms with Gasteiger partial charge in [0.25, 0.3) is 5.75 Å². The van der Waals surface area contributed by atoms with Gasteiger partial charge in [-0.1, -0.05) is 41.5 Å². The Labute approximate surface area is 193 Å². The molecule has 0 amide bonds. The summed E-state index contributed by atoms with van der Waals surface area (Å²) in [4.78, 5) is 25.4. The molecule has 0 saturated carbocycles. The predicted octanol–water partition coefficient (Wildman–Crippen LogP) is 6.09. The highest BCUT2D eigenvalue weighted by Crippen LogP contribution is 2.39. The fraction of sp³-hybridized carbons (Fsp3) is 0.259. The maximum Gasteiger partial charge on any atom is 0.383 e. The maximum absolute atomic E-state index is 12.7. The molecule has 0 radical (unpaired) electrons. The van der Waals surface area contributed by atoms with Gasteiger partial charge in [-0.3, -0.25) is 0 Å². The van der Waals surface area contributed by atoms with Crippen molar-refractivity contribution in [2.45, 2.75) is 33.6 Å². The minimum atomic E-state index is -0.806. The molecular weight excluding hydrogens is 420 g/mol. The van der Waals surface area contributed by atoms with Crippen molar-refractivity contribution in [3.05, 3.63) is 87.8 Å². The van der Waals surface area contributed by atoms with Crippen molar-refractivity contribution < 1.29 is 23.4 Å². The number of ether oxygens (including phenoxy) is 3. The number of methoxy groups -OCH3 is 1. The second-order valence-electron chi connectivity index (χ2n) is 7.82. The van der Waals surface area contributed by atoms with E-state index in [2.05, 4.69) is 19.9 Å². The molecule has 0 N–H and O–H groups in total. The molecule has 1 aromatic heterocycles. The zero-order chi connectivity index (χ0) is 23.8. The first-order valence-electron chi connectivity index (χ1n) is 10.7. The molecule has 0 atom stereocenters. The van der Waals surface area contributed by atoms with Gasteiger partial charge < -0.3 is 18.6 Å². The molecule has 0 bridgehead atoms. The largest absolute Gasteiger partial charge is 0.496 e. The van der Waals surface area contributed by atoms with Crippen LogP contribution in [0.25, 0.3) is 11.0 Å². The SMILES string of the molecule is COc1cccc2oc(=O)c(OC(=O)c3ccccc3)c(OC/C=C(\C)CCC=C(C)C)c12. The summed E-state index contributed by atoms with van der Waals surface area (Å²) in [7, 11) is 1.51. The maximum atomic E-state index is 12.7. The van der Waals surface area contributed by atoms with Gasteiger partial charge in [-0.25, -0.2) is 9.59 Å². The molecule has 6 nitrogen and oxygen atoms in total. The topological polar surface area (TPSA) is 75.0 Å². The molecule has 0 aliphatic heterocycles. The number of carbonyl (C=O) groups is 1. The molecule has 2 aromatic carbocycles. The Balaban J connectivity index is 1.97. The molecular formula is C27H28O6. The van der Waals surface area contributed by atoms with E-state index in [9.17, 15) is 9.59 Å². The quantitative estimate of drug-likeness (QED) is 0.224. The van der Waals surface area contributed by atoms with E-state index in [0.717, 1.165) is 18.4 Å². The summed E-state index contributed by atoms with van der Waals surface area (Å²) in [6, 6.07) is 13.5. The number of fused-ring (bicyclic) bond motifs is 1. The van der Waals surface area contributed by atoms with Crippen molar-refractivity contribution >= 4 is 16.9 Å². The normalized spacial score (nSPS) is 11.2. The van der Waals surface area contributed by atoms with Crippen molar-refractivity contribution in [1.29, 1.82) is 0 Å². The van der Waals surface area contributed by atoms with Crippen LogP contribution in [0.5, 0.6) is 17.2 Å². The van der Waals surface area contributed by atoms with Crippen LogP contribution in [0.4, 0.5) is 0 Å². The molecule has 6 heteroatoms. The average molecular weight is 449 g/mol. The number of esters is 1. The first-order chi connectivity index (χ1) is 15.9. The number of benzene rings is 2. The lowest BCUT2D eigenvalue weighted by molar-refractivity contribution is 0.0722. The van der Waals surface area contributed by atoms with Crippen LogP contribution in [0.15, 0.2) is 81.0 Å². The van der Waals surface area contributed by atoms with Crippen molar-refractivity contribution in [2.75, 3.05) is 13.7 Å². The van der Waals surface area contributed by atoms with Crippen LogP contribution in [0.3, 0.4) is 0 Å². The number of rotatable bonds is 9. The third kappa shape index (κ3) is 6.13. The van der Waals surface area contributed by atoms with E-state index in [1.165, 1.54) is 12.7 Å². The molecule has 33 heavy (non-hydrogen) atoms. The summed E-state index contributed by atoms with van der Waals surface area (Å²) in [5.74, 6) is -0.448. The minimum Gasteiger partial charge on any atom is -0.496 e. The van der Waals surface area contributed by atoms with Crippen LogP contribution in [-0.4, -0.2) is 19.7 Å². The first-order valence-corrected chi connectivity index (χ1v) is 10.7. The van der Waals surface area contributed by atoms with Gasteiger partial charge in [-0.15, -0.1) is 0 Å². The summed E-state index contributed by atoms with van der Waals surface area (Å²) >= 11 is 0. The number of hydrogen-bond acceptors (Lipinski definition) is 6. The summed E-state index contributed by atoms with van der Waals surface area (Å²) in [5, 5.41) is 0.422. The molecule has 0 fully saturated rings. The summed E-state index contributed by atoms with van der Waals surface area (Å²) in [5.41, 5.74) is 2.20. The zero-order valence-corrected chi connectivity index (χ0v) is 19.3. The van der Waals surface area contributed by atoms with E-state index < -0.39 is 11.6 Å². The molecule has 3 aromatic rings. The van der Waals surface area contributed by atoms with Crippen LogP contribution >= 0.6 is 0 Å². The van der Waals surface area contributed by atoms with Crippen LogP contribution in [0, 0.1) is 0 Å². The Morgan fingerprint density at radius 3 is 2.42 bits per heavy atom. The van der Waals surface area contributed by atoms with Crippen LogP contribution < -0.4 is 19.8 Å². The average Bonchev–Trinajstić information content (AvgIpc) is 2.80. The fourth-order valence-corrected chi connectivity index (χ4v) is 3.25. The molecule has 0 aliphatic rings. The van der Waals surface area contributed by atoms with Gasteiger partial charge in [0.15, 0.2) is 5.75 Å². The van der Waals surface area contributed by atoms with E-state index in [1.807, 2.05) is 13.0 Å². The molecule has 1 heterocycles. The van der Waals surface area contributed by atoms with Crippen molar-refractivity contribution in [1.82, 2.24) is 0 Å². The standard InChI is InChI=1S/C27H28O6/c1-18(2)10-8-11-19(3)16-17-31-24-23-21(30-4)14-9-15-22(23)32-27(29)25(24)33-26(28)20-12-6-5-7-13-20/h5-7,9-10,12-16H,8,11,17H2,1-4H3/b19-16+. The fourth-order valence-electron chi connectivity index (χ4n) is 3.25. The van der Waals surface area contributed by atoms with Crippen LogP contribution in [-0.2, 0) is 0 Å². The van der Waals surface area contributed by atoms with E-state index >= 15 is 0 Å². The van der Waals surface area contributed by atoms with Crippen LogP contribution in [0.1, 0.15) is 44.0 Å². The van der Waals surface area contributed by atoms with Gasteiger partial charge in [0.1, 0.15) is 23.3 Å². The Morgan fingerprint density at radius 1 is 0.970 bits per heavy atom. The second kappa shape index (κ2) is 11.2.